The van der Waals surface area contributed by atoms with E-state index in [1.807, 2.05) is 30.3 Å². The number of carbonyl (C=O) groups is 2. The van der Waals surface area contributed by atoms with Crippen molar-refractivity contribution in [2.75, 3.05) is 25.7 Å². The van der Waals surface area contributed by atoms with E-state index in [1.54, 1.807) is 18.8 Å². The fourth-order valence-corrected chi connectivity index (χ4v) is 5.75. The van der Waals surface area contributed by atoms with Crippen LogP contribution >= 0.6 is 34.9 Å². The molecule has 0 spiro atoms. The van der Waals surface area contributed by atoms with Crippen LogP contribution in [0.4, 0.5) is 4.79 Å². The molecule has 0 bridgehead atoms. The number of benzene rings is 1. The lowest BCUT2D eigenvalue weighted by Gasteiger charge is -2.34. The molecule has 1 aromatic heterocycles. The van der Waals surface area contributed by atoms with Gasteiger partial charge in [0.25, 0.3) is 0 Å². The van der Waals surface area contributed by atoms with Crippen LogP contribution in [0.25, 0.3) is 0 Å². The second kappa shape index (κ2) is 9.44. The Morgan fingerprint density at radius 1 is 1.25 bits per heavy atom. The summed E-state index contributed by atoms with van der Waals surface area (Å²) in [5.41, 5.74) is 1.86. The Bertz CT molecular complexity index is 885. The van der Waals surface area contributed by atoms with Gasteiger partial charge in [0.15, 0.2) is 8.68 Å². The molecular formula is C18H20N4O3S3. The highest BCUT2D eigenvalue weighted by atomic mass is 32.2. The van der Waals surface area contributed by atoms with Gasteiger partial charge in [0, 0.05) is 18.5 Å². The van der Waals surface area contributed by atoms with Crippen LogP contribution in [0.5, 0.6) is 0 Å². The molecule has 3 rings (SSSR count). The van der Waals surface area contributed by atoms with Crippen LogP contribution in [0.2, 0.25) is 0 Å². The van der Waals surface area contributed by atoms with Crippen molar-refractivity contribution < 1.29 is 14.3 Å². The first kappa shape index (κ1) is 20.7. The number of hydrogen-bond acceptors (Lipinski definition) is 8. The minimum absolute atomic E-state index is 0.267. The number of urea groups is 1. The lowest BCUT2D eigenvalue weighted by molar-refractivity contribution is -0.136. The number of ether oxygens (including phenoxy) is 1. The van der Waals surface area contributed by atoms with E-state index < -0.39 is 12.0 Å². The van der Waals surface area contributed by atoms with Gasteiger partial charge in [-0.25, -0.2) is 9.59 Å². The fourth-order valence-electron chi connectivity index (χ4n) is 2.75. The highest BCUT2D eigenvalue weighted by Gasteiger charge is 2.36. The molecule has 2 amide bonds. The van der Waals surface area contributed by atoms with E-state index in [-0.39, 0.29) is 6.03 Å². The van der Waals surface area contributed by atoms with E-state index in [0.717, 1.165) is 20.0 Å². The lowest BCUT2D eigenvalue weighted by atomic mass is 9.95. The van der Waals surface area contributed by atoms with E-state index in [4.69, 9.17) is 4.74 Å². The molecule has 28 heavy (non-hydrogen) atoms. The van der Waals surface area contributed by atoms with Gasteiger partial charge >= 0.3 is 12.0 Å². The first-order valence-electron chi connectivity index (χ1n) is 8.54. The Hall–Kier alpha value is -2.04. The number of nitrogens with zero attached hydrogens (tertiary/aromatic N) is 3. The molecule has 0 aliphatic carbocycles. The Balaban J connectivity index is 1.94. The lowest BCUT2D eigenvalue weighted by Crippen LogP contribution is -2.47. The van der Waals surface area contributed by atoms with Crippen molar-refractivity contribution in [3.05, 3.63) is 47.2 Å². The van der Waals surface area contributed by atoms with Gasteiger partial charge in [0.2, 0.25) is 0 Å². The fraction of sp³-hybridized carbons (Fsp3) is 0.333. The van der Waals surface area contributed by atoms with Crippen LogP contribution in [0.1, 0.15) is 18.5 Å². The minimum Gasteiger partial charge on any atom is -0.466 e. The van der Waals surface area contributed by atoms with E-state index in [2.05, 4.69) is 22.4 Å². The number of amides is 2. The molecule has 7 nitrogen and oxygen atoms in total. The number of esters is 1. The van der Waals surface area contributed by atoms with Crippen molar-refractivity contribution in [3.63, 3.8) is 0 Å². The first-order valence-corrected chi connectivity index (χ1v) is 11.3. The summed E-state index contributed by atoms with van der Waals surface area (Å²) < 4.78 is 6.73. The molecule has 1 N–H and O–H groups in total. The van der Waals surface area contributed by atoms with Gasteiger partial charge < -0.3 is 10.1 Å². The molecule has 1 aliphatic rings. The Labute approximate surface area is 175 Å². The third-order valence-corrected chi connectivity index (χ3v) is 7.19. The molecule has 0 radical (unpaired) electrons. The number of carbonyl (C=O) groups excluding carboxylic acids is 2. The maximum absolute atomic E-state index is 12.6. The molecule has 0 fully saturated rings. The number of hydrogen-bond donors (Lipinski definition) is 1. The van der Waals surface area contributed by atoms with Crippen LogP contribution in [0.3, 0.4) is 0 Å². The van der Waals surface area contributed by atoms with E-state index in [0.29, 0.717) is 17.0 Å². The van der Waals surface area contributed by atoms with E-state index >= 15 is 0 Å². The summed E-state index contributed by atoms with van der Waals surface area (Å²) in [6.45, 7) is 2.06. The summed E-state index contributed by atoms with van der Waals surface area (Å²) in [6, 6.07) is 8.56. The predicted molar refractivity (Wildman–Crippen MR) is 112 cm³/mol. The number of thioether (sulfide) groups is 2. The summed E-state index contributed by atoms with van der Waals surface area (Å²) in [5, 5.41) is 11.2. The van der Waals surface area contributed by atoms with Crippen LogP contribution in [-0.4, -0.2) is 52.8 Å². The largest absolute Gasteiger partial charge is 0.466 e. The highest BCUT2D eigenvalue weighted by Crippen LogP contribution is 2.35. The topological polar surface area (TPSA) is 84.4 Å². The van der Waals surface area contributed by atoms with Gasteiger partial charge in [0.1, 0.15) is 0 Å². The normalized spacial score (nSPS) is 16.9. The van der Waals surface area contributed by atoms with Crippen molar-refractivity contribution in [1.82, 2.24) is 20.4 Å². The third kappa shape index (κ3) is 4.50. The van der Waals surface area contributed by atoms with Gasteiger partial charge in [-0.15, -0.1) is 10.2 Å². The average molecular weight is 437 g/mol. The smallest absolute Gasteiger partial charge is 0.338 e. The van der Waals surface area contributed by atoms with Gasteiger partial charge in [-0.3, -0.25) is 4.90 Å². The van der Waals surface area contributed by atoms with Crippen LogP contribution in [-0.2, 0) is 9.53 Å². The second-order valence-electron chi connectivity index (χ2n) is 5.76. The summed E-state index contributed by atoms with van der Waals surface area (Å²) >= 11 is 4.60. The van der Waals surface area contributed by atoms with Gasteiger partial charge in [-0.1, -0.05) is 72.1 Å². The SMILES string of the molecule is CCSc1nnc(SCC2=C(C(=O)OC)[C@H](c3ccccc3)NC(=O)N2C)s1. The molecule has 10 heteroatoms. The Kier molecular flexibility index (Phi) is 6.97. The zero-order chi connectivity index (χ0) is 20.1. The summed E-state index contributed by atoms with van der Waals surface area (Å²) in [7, 11) is 2.99. The molecule has 148 valence electrons. The molecule has 1 aliphatic heterocycles. The van der Waals surface area contributed by atoms with Gasteiger partial charge in [-0.05, 0) is 11.3 Å². The van der Waals surface area contributed by atoms with Crippen LogP contribution in [0.15, 0.2) is 50.3 Å². The molecule has 1 aromatic carbocycles. The van der Waals surface area contributed by atoms with Crippen LogP contribution < -0.4 is 5.32 Å². The summed E-state index contributed by atoms with van der Waals surface area (Å²) in [6.07, 6.45) is 0. The standard InChI is InChI=1S/C18H20N4O3S3/c1-4-26-17-20-21-18(28-17)27-10-12-13(15(23)25-3)14(19-16(24)22(12)2)11-8-6-5-7-9-11/h5-9,14H,4,10H2,1-3H3,(H,19,24)/t14-/m0/s1. The van der Waals surface area contributed by atoms with E-state index in [1.165, 1.54) is 35.1 Å². The average Bonchev–Trinajstić information content (AvgIpc) is 3.16. The molecular weight excluding hydrogens is 416 g/mol. The zero-order valence-corrected chi connectivity index (χ0v) is 18.1. The van der Waals surface area contributed by atoms with E-state index in [9.17, 15) is 9.59 Å². The Morgan fingerprint density at radius 3 is 2.57 bits per heavy atom. The molecule has 2 aromatic rings. The predicted octanol–water partition coefficient (Wildman–Crippen LogP) is 3.57. The second-order valence-corrected chi connectivity index (χ2v) is 9.47. The van der Waals surface area contributed by atoms with Crippen molar-refractivity contribution in [3.8, 4) is 0 Å². The number of rotatable bonds is 7. The maximum atomic E-state index is 12.6. The molecule has 0 saturated carbocycles. The number of nitrogens with one attached hydrogen (secondary N) is 1. The maximum Gasteiger partial charge on any atom is 0.338 e. The third-order valence-electron chi connectivity index (χ3n) is 4.10. The summed E-state index contributed by atoms with van der Waals surface area (Å²) in [5.74, 6) is 0.873. The quantitative estimate of drug-likeness (QED) is 0.525. The number of methoxy groups -OCH3 is 1. The summed E-state index contributed by atoms with van der Waals surface area (Å²) in [4.78, 5) is 26.6. The van der Waals surface area contributed by atoms with Crippen molar-refractivity contribution >= 4 is 46.9 Å². The van der Waals surface area contributed by atoms with Gasteiger partial charge in [-0.2, -0.15) is 0 Å². The van der Waals surface area contributed by atoms with Crippen molar-refractivity contribution in [1.29, 1.82) is 0 Å². The minimum atomic E-state index is -0.562. The van der Waals surface area contributed by atoms with Crippen molar-refractivity contribution in [2.24, 2.45) is 0 Å². The monoisotopic (exact) mass is 436 g/mol. The van der Waals surface area contributed by atoms with Gasteiger partial charge in [0.05, 0.1) is 18.7 Å². The molecule has 0 unspecified atom stereocenters. The first-order chi connectivity index (χ1) is 13.5. The molecule has 1 atom stereocenters. The molecule has 0 saturated heterocycles. The Morgan fingerprint density at radius 2 is 1.93 bits per heavy atom. The van der Waals surface area contributed by atoms with Crippen molar-refractivity contribution in [2.45, 2.75) is 21.6 Å². The highest BCUT2D eigenvalue weighted by molar-refractivity contribution is 8.03. The molecule has 2 heterocycles. The van der Waals surface area contributed by atoms with Crippen LogP contribution in [0, 0.1) is 0 Å². The zero-order valence-electron chi connectivity index (χ0n) is 15.7. The number of aromatic nitrogens is 2.